The standard InChI is InChI=1S/C21H29N5S/c1-21(2)17-6-5-16(18(21)11-17)12-25(3)13-19-23-24-20(26(19)4)27-14-15-7-9-22-10-8-15/h5,7-10,17-18H,6,11-14H2,1-4H3/t17-,18-/m0/s1. The molecule has 5 nitrogen and oxygen atoms in total. The second kappa shape index (κ2) is 7.40. The van der Waals surface area contributed by atoms with Crippen molar-refractivity contribution in [2.75, 3.05) is 13.6 Å². The summed E-state index contributed by atoms with van der Waals surface area (Å²) in [6, 6.07) is 4.09. The lowest BCUT2D eigenvalue weighted by Gasteiger charge is -2.57. The Bertz CT molecular complexity index is 826. The van der Waals surface area contributed by atoms with E-state index in [1.54, 1.807) is 17.3 Å². The molecular weight excluding hydrogens is 354 g/mol. The van der Waals surface area contributed by atoms with Gasteiger partial charge in [-0.1, -0.05) is 37.3 Å². The van der Waals surface area contributed by atoms with Gasteiger partial charge >= 0.3 is 0 Å². The van der Waals surface area contributed by atoms with Gasteiger partial charge in [-0.05, 0) is 54.8 Å². The third-order valence-electron chi connectivity index (χ3n) is 6.49. The molecule has 2 bridgehead atoms. The molecule has 3 aliphatic rings. The molecular formula is C21H29N5S. The molecule has 6 heteroatoms. The van der Waals surface area contributed by atoms with E-state index in [-0.39, 0.29) is 0 Å². The number of fused-ring (bicyclic) bond motifs is 1. The van der Waals surface area contributed by atoms with Crippen LogP contribution in [0.1, 0.15) is 38.1 Å². The lowest BCUT2D eigenvalue weighted by molar-refractivity contribution is -0.0102. The third kappa shape index (κ3) is 3.69. The van der Waals surface area contributed by atoms with Crippen LogP contribution in [-0.4, -0.2) is 38.2 Å². The van der Waals surface area contributed by atoms with Crippen molar-refractivity contribution in [3.05, 3.63) is 47.6 Å². The van der Waals surface area contributed by atoms with Gasteiger partial charge < -0.3 is 4.57 Å². The van der Waals surface area contributed by atoms with Gasteiger partial charge in [0.1, 0.15) is 5.82 Å². The SMILES string of the molecule is CN(CC1=CC[C@H]2C[C@@H]1C2(C)C)Cc1nnc(SCc2ccncc2)n1C. The van der Waals surface area contributed by atoms with Gasteiger partial charge in [0.05, 0.1) is 6.54 Å². The zero-order chi connectivity index (χ0) is 19.0. The van der Waals surface area contributed by atoms with E-state index < -0.39 is 0 Å². The molecule has 0 unspecified atom stereocenters. The highest BCUT2D eigenvalue weighted by atomic mass is 32.2. The van der Waals surface area contributed by atoms with Crippen molar-refractivity contribution in [3.63, 3.8) is 0 Å². The van der Waals surface area contributed by atoms with Gasteiger partial charge in [0.2, 0.25) is 0 Å². The number of rotatable bonds is 7. The quantitative estimate of drug-likeness (QED) is 0.536. The number of likely N-dealkylation sites (N-methyl/N-ethyl adjacent to an activating group) is 1. The molecule has 0 spiro atoms. The lowest BCUT2D eigenvalue weighted by Crippen LogP contribution is -2.49. The number of pyridine rings is 1. The fourth-order valence-electron chi connectivity index (χ4n) is 4.50. The van der Waals surface area contributed by atoms with Gasteiger partial charge in [-0.2, -0.15) is 0 Å². The molecule has 0 aliphatic heterocycles. The summed E-state index contributed by atoms with van der Waals surface area (Å²) in [4.78, 5) is 6.44. The summed E-state index contributed by atoms with van der Waals surface area (Å²) in [6.07, 6.45) is 8.79. The highest BCUT2D eigenvalue weighted by molar-refractivity contribution is 7.98. The number of thioether (sulfide) groups is 1. The molecule has 2 aromatic rings. The number of hydrogen-bond acceptors (Lipinski definition) is 5. The second-order valence-corrected chi connectivity index (χ2v) is 9.54. The van der Waals surface area contributed by atoms with Crippen molar-refractivity contribution in [1.82, 2.24) is 24.6 Å². The zero-order valence-electron chi connectivity index (χ0n) is 16.7. The van der Waals surface area contributed by atoms with Gasteiger partial charge in [0.15, 0.2) is 5.16 Å². The topological polar surface area (TPSA) is 46.8 Å². The van der Waals surface area contributed by atoms with Crippen molar-refractivity contribution in [2.45, 2.75) is 44.1 Å². The Morgan fingerprint density at radius 1 is 1.22 bits per heavy atom. The smallest absolute Gasteiger partial charge is 0.191 e. The highest BCUT2D eigenvalue weighted by Gasteiger charge is 2.50. The van der Waals surface area contributed by atoms with Crippen molar-refractivity contribution >= 4 is 11.8 Å². The molecule has 2 aromatic heterocycles. The average Bonchev–Trinajstić information content (AvgIpc) is 3.00. The van der Waals surface area contributed by atoms with E-state index in [1.165, 1.54) is 18.4 Å². The van der Waals surface area contributed by atoms with Gasteiger partial charge in [0, 0.05) is 31.7 Å². The molecule has 0 saturated heterocycles. The summed E-state index contributed by atoms with van der Waals surface area (Å²) in [5.74, 6) is 3.58. The van der Waals surface area contributed by atoms with E-state index in [1.807, 2.05) is 24.5 Å². The number of aromatic nitrogens is 4. The number of hydrogen-bond donors (Lipinski definition) is 0. The molecule has 144 valence electrons. The maximum absolute atomic E-state index is 4.44. The minimum atomic E-state index is 0.493. The maximum Gasteiger partial charge on any atom is 0.191 e. The van der Waals surface area contributed by atoms with Gasteiger partial charge in [-0.25, -0.2) is 0 Å². The normalized spacial score (nSPS) is 23.2. The average molecular weight is 384 g/mol. The van der Waals surface area contributed by atoms with Gasteiger partial charge in [-0.3, -0.25) is 9.88 Å². The molecule has 27 heavy (non-hydrogen) atoms. The third-order valence-corrected chi connectivity index (χ3v) is 7.58. The van der Waals surface area contributed by atoms with Crippen molar-refractivity contribution in [2.24, 2.45) is 24.3 Å². The van der Waals surface area contributed by atoms with E-state index in [0.717, 1.165) is 41.7 Å². The molecule has 0 radical (unpaired) electrons. The summed E-state index contributed by atoms with van der Waals surface area (Å²) in [6.45, 7) is 6.74. The van der Waals surface area contributed by atoms with Crippen LogP contribution in [0.3, 0.4) is 0 Å². The molecule has 1 fully saturated rings. The minimum absolute atomic E-state index is 0.493. The Labute approximate surface area is 166 Å². The van der Waals surface area contributed by atoms with Crippen molar-refractivity contribution < 1.29 is 0 Å². The summed E-state index contributed by atoms with van der Waals surface area (Å²) in [5.41, 5.74) is 3.37. The van der Waals surface area contributed by atoms with Crippen LogP contribution in [0.15, 0.2) is 41.3 Å². The van der Waals surface area contributed by atoms with Crippen LogP contribution in [0.4, 0.5) is 0 Å². The number of allylic oxidation sites excluding steroid dienone is 1. The largest absolute Gasteiger partial charge is 0.308 e. The van der Waals surface area contributed by atoms with Crippen LogP contribution in [-0.2, 0) is 19.3 Å². The van der Waals surface area contributed by atoms with Crippen LogP contribution in [0.25, 0.3) is 0 Å². The summed E-state index contributed by atoms with van der Waals surface area (Å²) in [7, 11) is 4.26. The van der Waals surface area contributed by atoms with E-state index in [9.17, 15) is 0 Å². The Morgan fingerprint density at radius 3 is 2.70 bits per heavy atom. The summed E-state index contributed by atoms with van der Waals surface area (Å²) < 4.78 is 2.13. The van der Waals surface area contributed by atoms with Crippen LogP contribution in [0.5, 0.6) is 0 Å². The fourth-order valence-corrected chi connectivity index (χ4v) is 5.39. The molecule has 3 aliphatic carbocycles. The number of nitrogens with zero attached hydrogens (tertiary/aromatic N) is 5. The van der Waals surface area contributed by atoms with E-state index in [0.29, 0.717) is 5.41 Å². The van der Waals surface area contributed by atoms with Crippen LogP contribution < -0.4 is 0 Å². The lowest BCUT2D eigenvalue weighted by atomic mass is 9.49. The van der Waals surface area contributed by atoms with Crippen LogP contribution >= 0.6 is 11.8 Å². The summed E-state index contributed by atoms with van der Waals surface area (Å²) in [5, 5.41) is 9.80. The predicted octanol–water partition coefficient (Wildman–Crippen LogP) is 3.93. The van der Waals surface area contributed by atoms with E-state index in [2.05, 4.69) is 58.7 Å². The first kappa shape index (κ1) is 18.7. The first-order valence-corrected chi connectivity index (χ1v) is 10.7. The Morgan fingerprint density at radius 2 is 2.00 bits per heavy atom. The van der Waals surface area contributed by atoms with Gasteiger partial charge in [-0.15, -0.1) is 10.2 Å². The maximum atomic E-state index is 4.44. The van der Waals surface area contributed by atoms with Crippen LogP contribution in [0.2, 0.25) is 0 Å². The van der Waals surface area contributed by atoms with Gasteiger partial charge in [0.25, 0.3) is 0 Å². The highest BCUT2D eigenvalue weighted by Crippen LogP contribution is 2.59. The molecule has 0 aromatic carbocycles. The second-order valence-electron chi connectivity index (χ2n) is 8.60. The minimum Gasteiger partial charge on any atom is -0.308 e. The van der Waals surface area contributed by atoms with Crippen LogP contribution in [0, 0.1) is 17.3 Å². The molecule has 0 N–H and O–H groups in total. The predicted molar refractivity (Wildman–Crippen MR) is 109 cm³/mol. The molecule has 2 heterocycles. The Kier molecular flexibility index (Phi) is 5.12. The molecule has 5 rings (SSSR count). The first-order chi connectivity index (χ1) is 12.9. The van der Waals surface area contributed by atoms with E-state index >= 15 is 0 Å². The monoisotopic (exact) mass is 383 g/mol. The Balaban J connectivity index is 1.34. The first-order valence-electron chi connectivity index (χ1n) is 9.72. The molecule has 0 amide bonds. The van der Waals surface area contributed by atoms with E-state index in [4.69, 9.17) is 0 Å². The summed E-state index contributed by atoms with van der Waals surface area (Å²) >= 11 is 1.72. The fraction of sp³-hybridized carbons (Fsp3) is 0.571. The molecule has 1 saturated carbocycles. The van der Waals surface area contributed by atoms with Crippen molar-refractivity contribution in [3.8, 4) is 0 Å². The zero-order valence-corrected chi connectivity index (χ0v) is 17.5. The molecule has 2 atom stereocenters. The van der Waals surface area contributed by atoms with Crippen molar-refractivity contribution in [1.29, 1.82) is 0 Å². The Hall–Kier alpha value is -1.66.